The van der Waals surface area contributed by atoms with Crippen LogP contribution < -0.4 is 5.32 Å². The fraction of sp³-hybridized carbons (Fsp3) is 0.526. The molecule has 116 valence electrons. The monoisotopic (exact) mass is 295 g/mol. The predicted octanol–water partition coefficient (Wildman–Crippen LogP) is 3.34. The van der Waals surface area contributed by atoms with Crippen molar-refractivity contribution in [2.45, 2.75) is 50.7 Å². The Morgan fingerprint density at radius 1 is 1.32 bits per heavy atom. The summed E-state index contributed by atoms with van der Waals surface area (Å²) >= 11 is 0. The highest BCUT2D eigenvalue weighted by atomic mass is 15.3. The van der Waals surface area contributed by atoms with Gasteiger partial charge in [0.15, 0.2) is 0 Å². The summed E-state index contributed by atoms with van der Waals surface area (Å²) in [4.78, 5) is 7.37. The molecular formula is C19H25N3. The van der Waals surface area contributed by atoms with E-state index >= 15 is 0 Å². The highest BCUT2D eigenvalue weighted by Gasteiger charge is 2.46. The number of nitrogens with zero attached hydrogens (tertiary/aromatic N) is 2. The number of piperazine rings is 1. The molecule has 2 fully saturated rings. The van der Waals surface area contributed by atoms with Gasteiger partial charge in [-0.3, -0.25) is 9.88 Å². The van der Waals surface area contributed by atoms with E-state index in [1.807, 2.05) is 6.20 Å². The van der Waals surface area contributed by atoms with Gasteiger partial charge in [-0.1, -0.05) is 31.2 Å². The highest BCUT2D eigenvalue weighted by molar-refractivity contribution is 5.81. The van der Waals surface area contributed by atoms with E-state index in [1.54, 1.807) is 0 Å². The van der Waals surface area contributed by atoms with Crippen LogP contribution in [-0.4, -0.2) is 34.6 Å². The zero-order valence-corrected chi connectivity index (χ0v) is 13.4. The van der Waals surface area contributed by atoms with Crippen molar-refractivity contribution in [3.8, 4) is 0 Å². The maximum Gasteiger partial charge on any atom is 0.0550 e. The van der Waals surface area contributed by atoms with Gasteiger partial charge in [0.25, 0.3) is 0 Å². The number of nitrogens with one attached hydrogen (secondary N) is 1. The molecule has 3 nitrogen and oxygen atoms in total. The van der Waals surface area contributed by atoms with Gasteiger partial charge in [0.1, 0.15) is 0 Å². The minimum absolute atomic E-state index is 0.356. The zero-order chi connectivity index (χ0) is 15.0. The standard InChI is InChI=1S/C19H25N3/c1-2-19-9-5-8-18(19)22(11-10-21-19)14-17-12-15-6-3-4-7-16(15)13-20-17/h3-4,6-7,12-13,18,21H,2,5,8-11,14H2,1H3. The summed E-state index contributed by atoms with van der Waals surface area (Å²) in [7, 11) is 0. The molecule has 1 aliphatic carbocycles. The number of hydrogen-bond donors (Lipinski definition) is 1. The number of fused-ring (bicyclic) bond motifs is 2. The van der Waals surface area contributed by atoms with Crippen molar-refractivity contribution in [3.63, 3.8) is 0 Å². The molecule has 1 aromatic carbocycles. The third-order valence-corrected chi connectivity index (χ3v) is 5.74. The van der Waals surface area contributed by atoms with E-state index < -0.39 is 0 Å². The first-order valence-corrected chi connectivity index (χ1v) is 8.63. The topological polar surface area (TPSA) is 28.2 Å². The van der Waals surface area contributed by atoms with Crippen molar-refractivity contribution in [3.05, 3.63) is 42.2 Å². The fourth-order valence-corrected chi connectivity index (χ4v) is 4.55. The molecule has 22 heavy (non-hydrogen) atoms. The molecule has 2 unspecified atom stereocenters. The van der Waals surface area contributed by atoms with E-state index in [2.05, 4.69) is 47.5 Å². The lowest BCUT2D eigenvalue weighted by Crippen LogP contribution is -2.63. The lowest BCUT2D eigenvalue weighted by molar-refractivity contribution is 0.0662. The Morgan fingerprint density at radius 3 is 3.05 bits per heavy atom. The highest BCUT2D eigenvalue weighted by Crippen LogP contribution is 2.38. The lowest BCUT2D eigenvalue weighted by atomic mass is 9.86. The summed E-state index contributed by atoms with van der Waals surface area (Å²) in [5, 5.41) is 6.36. The summed E-state index contributed by atoms with van der Waals surface area (Å²) in [5.41, 5.74) is 1.56. The number of pyridine rings is 1. The Balaban J connectivity index is 1.58. The van der Waals surface area contributed by atoms with E-state index in [0.717, 1.165) is 19.6 Å². The second-order valence-electron chi connectivity index (χ2n) is 6.84. The maximum absolute atomic E-state index is 4.70. The van der Waals surface area contributed by atoms with Crippen molar-refractivity contribution in [2.24, 2.45) is 0 Å². The molecule has 0 spiro atoms. The van der Waals surface area contributed by atoms with Crippen LogP contribution in [0.3, 0.4) is 0 Å². The number of aromatic nitrogens is 1. The molecule has 2 aliphatic rings. The summed E-state index contributed by atoms with van der Waals surface area (Å²) in [6.07, 6.45) is 7.27. The average molecular weight is 295 g/mol. The Bertz CT molecular complexity index is 669. The van der Waals surface area contributed by atoms with Gasteiger partial charge in [-0.2, -0.15) is 0 Å². The molecule has 2 aromatic rings. The van der Waals surface area contributed by atoms with Gasteiger partial charge in [0.2, 0.25) is 0 Å². The van der Waals surface area contributed by atoms with Crippen LogP contribution in [0.25, 0.3) is 10.8 Å². The van der Waals surface area contributed by atoms with Crippen LogP contribution in [-0.2, 0) is 6.54 Å². The second-order valence-corrected chi connectivity index (χ2v) is 6.84. The van der Waals surface area contributed by atoms with Gasteiger partial charge in [0.05, 0.1) is 5.69 Å². The van der Waals surface area contributed by atoms with E-state index in [-0.39, 0.29) is 0 Å². The molecule has 2 heterocycles. The minimum atomic E-state index is 0.356. The van der Waals surface area contributed by atoms with Crippen molar-refractivity contribution >= 4 is 10.8 Å². The van der Waals surface area contributed by atoms with Gasteiger partial charge in [0, 0.05) is 42.8 Å². The summed E-state index contributed by atoms with van der Waals surface area (Å²) in [6, 6.07) is 11.4. The first-order valence-electron chi connectivity index (χ1n) is 8.63. The molecule has 3 heteroatoms. The molecule has 1 saturated carbocycles. The van der Waals surface area contributed by atoms with E-state index in [0.29, 0.717) is 11.6 Å². The number of rotatable bonds is 3. The third kappa shape index (κ3) is 2.33. The molecule has 1 aromatic heterocycles. The van der Waals surface area contributed by atoms with Crippen LogP contribution in [0.2, 0.25) is 0 Å². The van der Waals surface area contributed by atoms with Crippen LogP contribution >= 0.6 is 0 Å². The van der Waals surface area contributed by atoms with E-state index in [4.69, 9.17) is 4.98 Å². The number of benzene rings is 1. The first kappa shape index (κ1) is 14.2. The SMILES string of the molecule is CCC12CCCC1N(Cc1cc3ccccc3cn1)CCN2. The van der Waals surface area contributed by atoms with Gasteiger partial charge in [-0.15, -0.1) is 0 Å². The Morgan fingerprint density at radius 2 is 2.18 bits per heavy atom. The van der Waals surface area contributed by atoms with Crippen LogP contribution in [0.15, 0.2) is 36.5 Å². The first-order chi connectivity index (χ1) is 10.8. The number of hydrogen-bond acceptors (Lipinski definition) is 3. The molecule has 1 saturated heterocycles. The van der Waals surface area contributed by atoms with Crippen LogP contribution in [0.1, 0.15) is 38.3 Å². The average Bonchev–Trinajstić information content (AvgIpc) is 3.00. The van der Waals surface area contributed by atoms with Crippen LogP contribution in [0.4, 0.5) is 0 Å². The Hall–Kier alpha value is -1.45. The second kappa shape index (κ2) is 5.64. The molecule has 4 rings (SSSR count). The maximum atomic E-state index is 4.70. The largest absolute Gasteiger partial charge is 0.308 e. The van der Waals surface area contributed by atoms with Gasteiger partial charge >= 0.3 is 0 Å². The molecule has 1 aliphatic heterocycles. The molecule has 0 amide bonds. The quantitative estimate of drug-likeness (QED) is 0.941. The smallest absolute Gasteiger partial charge is 0.0550 e. The van der Waals surface area contributed by atoms with Gasteiger partial charge < -0.3 is 5.32 Å². The Labute approximate surface area is 132 Å². The van der Waals surface area contributed by atoms with E-state index in [9.17, 15) is 0 Å². The molecule has 1 N–H and O–H groups in total. The van der Waals surface area contributed by atoms with Gasteiger partial charge in [-0.05, 0) is 37.1 Å². The minimum Gasteiger partial charge on any atom is -0.308 e. The summed E-state index contributed by atoms with van der Waals surface area (Å²) in [6.45, 7) is 5.57. The van der Waals surface area contributed by atoms with Gasteiger partial charge in [-0.25, -0.2) is 0 Å². The normalized spacial score (nSPS) is 28.9. The fourth-order valence-electron chi connectivity index (χ4n) is 4.55. The molecule has 0 radical (unpaired) electrons. The van der Waals surface area contributed by atoms with Crippen molar-refractivity contribution in [2.75, 3.05) is 13.1 Å². The predicted molar refractivity (Wildman–Crippen MR) is 90.8 cm³/mol. The van der Waals surface area contributed by atoms with Crippen molar-refractivity contribution < 1.29 is 0 Å². The lowest BCUT2D eigenvalue weighted by Gasteiger charge is -2.47. The molecule has 0 bridgehead atoms. The summed E-state index contributed by atoms with van der Waals surface area (Å²) in [5.74, 6) is 0. The zero-order valence-electron chi connectivity index (χ0n) is 13.4. The summed E-state index contributed by atoms with van der Waals surface area (Å²) < 4.78 is 0. The van der Waals surface area contributed by atoms with Crippen LogP contribution in [0, 0.1) is 0 Å². The van der Waals surface area contributed by atoms with E-state index in [1.165, 1.54) is 42.1 Å². The third-order valence-electron chi connectivity index (χ3n) is 5.74. The van der Waals surface area contributed by atoms with Crippen molar-refractivity contribution in [1.82, 2.24) is 15.2 Å². The van der Waals surface area contributed by atoms with Crippen molar-refractivity contribution in [1.29, 1.82) is 0 Å². The molecule has 2 atom stereocenters. The van der Waals surface area contributed by atoms with Crippen LogP contribution in [0.5, 0.6) is 0 Å². The Kier molecular flexibility index (Phi) is 3.63. The molecular weight excluding hydrogens is 270 g/mol.